The van der Waals surface area contributed by atoms with Crippen LogP contribution in [0.4, 0.5) is 0 Å². The SMILES string of the molecule is COc1cc(C=O)ccc1OC(=O)c1ccc(Cl)cc1Cl. The van der Waals surface area contributed by atoms with E-state index < -0.39 is 5.97 Å². The number of carbonyl (C=O) groups is 2. The molecule has 6 heteroatoms. The number of hydrogen-bond donors (Lipinski definition) is 0. The topological polar surface area (TPSA) is 52.6 Å². The third kappa shape index (κ3) is 3.54. The van der Waals surface area contributed by atoms with Gasteiger partial charge in [-0.2, -0.15) is 0 Å². The first-order valence-corrected chi connectivity index (χ1v) is 6.61. The van der Waals surface area contributed by atoms with Crippen molar-refractivity contribution in [3.8, 4) is 11.5 Å². The van der Waals surface area contributed by atoms with Crippen LogP contribution in [0.25, 0.3) is 0 Å². The van der Waals surface area contributed by atoms with Crippen molar-refractivity contribution in [3.05, 3.63) is 57.6 Å². The van der Waals surface area contributed by atoms with Gasteiger partial charge in [-0.1, -0.05) is 23.2 Å². The van der Waals surface area contributed by atoms with Gasteiger partial charge in [0.1, 0.15) is 6.29 Å². The Morgan fingerprint density at radius 3 is 2.48 bits per heavy atom. The summed E-state index contributed by atoms with van der Waals surface area (Å²) in [6.45, 7) is 0. The Kier molecular flexibility index (Phi) is 4.83. The van der Waals surface area contributed by atoms with E-state index in [-0.39, 0.29) is 22.1 Å². The number of esters is 1. The van der Waals surface area contributed by atoms with Crippen LogP contribution in [-0.2, 0) is 0 Å². The summed E-state index contributed by atoms with van der Waals surface area (Å²) in [6.07, 6.45) is 0.671. The number of benzene rings is 2. The average molecular weight is 325 g/mol. The van der Waals surface area contributed by atoms with Gasteiger partial charge in [0.2, 0.25) is 0 Å². The minimum Gasteiger partial charge on any atom is -0.493 e. The van der Waals surface area contributed by atoms with Crippen LogP contribution in [0.1, 0.15) is 20.7 Å². The summed E-state index contributed by atoms with van der Waals surface area (Å²) in [7, 11) is 1.41. The zero-order chi connectivity index (χ0) is 15.4. The molecule has 0 atom stereocenters. The van der Waals surface area contributed by atoms with Crippen LogP contribution in [0.15, 0.2) is 36.4 Å². The van der Waals surface area contributed by atoms with Gasteiger partial charge in [0.25, 0.3) is 0 Å². The largest absolute Gasteiger partial charge is 0.493 e. The van der Waals surface area contributed by atoms with Crippen molar-refractivity contribution >= 4 is 35.5 Å². The van der Waals surface area contributed by atoms with E-state index in [1.165, 1.54) is 43.5 Å². The zero-order valence-corrected chi connectivity index (χ0v) is 12.4. The number of hydrogen-bond acceptors (Lipinski definition) is 4. The fraction of sp³-hybridized carbons (Fsp3) is 0.0667. The lowest BCUT2D eigenvalue weighted by atomic mass is 10.2. The maximum Gasteiger partial charge on any atom is 0.345 e. The number of rotatable bonds is 4. The van der Waals surface area contributed by atoms with Crippen molar-refractivity contribution in [2.75, 3.05) is 7.11 Å². The molecule has 0 fully saturated rings. The molecule has 0 saturated heterocycles. The summed E-state index contributed by atoms with van der Waals surface area (Å²) in [6, 6.07) is 8.92. The number of methoxy groups -OCH3 is 1. The van der Waals surface area contributed by atoms with Crippen LogP contribution in [0.3, 0.4) is 0 Å². The second-order valence-corrected chi connectivity index (χ2v) is 4.89. The molecule has 0 heterocycles. The number of carbonyl (C=O) groups excluding carboxylic acids is 2. The van der Waals surface area contributed by atoms with E-state index in [1.807, 2.05) is 0 Å². The van der Waals surface area contributed by atoms with Crippen molar-refractivity contribution in [3.63, 3.8) is 0 Å². The molecule has 0 aliphatic rings. The summed E-state index contributed by atoms with van der Waals surface area (Å²) in [5, 5.41) is 0.612. The zero-order valence-electron chi connectivity index (χ0n) is 10.9. The van der Waals surface area contributed by atoms with Crippen molar-refractivity contribution in [1.29, 1.82) is 0 Å². The molecule has 0 unspecified atom stereocenters. The fourth-order valence-electron chi connectivity index (χ4n) is 1.65. The Bertz CT molecular complexity index is 698. The van der Waals surface area contributed by atoms with E-state index in [9.17, 15) is 9.59 Å². The molecule has 2 aromatic carbocycles. The smallest absolute Gasteiger partial charge is 0.345 e. The Balaban J connectivity index is 2.29. The van der Waals surface area contributed by atoms with E-state index in [4.69, 9.17) is 32.7 Å². The lowest BCUT2D eigenvalue weighted by Crippen LogP contribution is -2.10. The number of halogens is 2. The Morgan fingerprint density at radius 2 is 1.86 bits per heavy atom. The monoisotopic (exact) mass is 324 g/mol. The summed E-state index contributed by atoms with van der Waals surface area (Å²) in [5.41, 5.74) is 0.596. The quantitative estimate of drug-likeness (QED) is 0.484. The Labute approximate surface area is 131 Å². The van der Waals surface area contributed by atoms with Gasteiger partial charge in [-0.3, -0.25) is 4.79 Å². The molecule has 0 spiro atoms. The second-order valence-electron chi connectivity index (χ2n) is 4.04. The highest BCUT2D eigenvalue weighted by Gasteiger charge is 2.16. The highest BCUT2D eigenvalue weighted by molar-refractivity contribution is 6.36. The minimum absolute atomic E-state index is 0.183. The molecule has 21 heavy (non-hydrogen) atoms. The van der Waals surface area contributed by atoms with E-state index in [1.54, 1.807) is 0 Å². The molecule has 2 rings (SSSR count). The van der Waals surface area contributed by atoms with Gasteiger partial charge in [0.15, 0.2) is 11.5 Å². The molecule has 0 aliphatic heterocycles. The van der Waals surface area contributed by atoms with Gasteiger partial charge < -0.3 is 9.47 Å². The van der Waals surface area contributed by atoms with Gasteiger partial charge in [-0.05, 0) is 36.4 Å². The highest BCUT2D eigenvalue weighted by Crippen LogP contribution is 2.29. The van der Waals surface area contributed by atoms with Crippen LogP contribution >= 0.6 is 23.2 Å². The standard InChI is InChI=1S/C15H10Cl2O4/c1-20-14-6-9(8-18)2-5-13(14)21-15(19)11-4-3-10(16)7-12(11)17/h2-8H,1H3. The van der Waals surface area contributed by atoms with Crippen molar-refractivity contribution in [2.45, 2.75) is 0 Å². The van der Waals surface area contributed by atoms with Crippen LogP contribution < -0.4 is 9.47 Å². The van der Waals surface area contributed by atoms with Crippen molar-refractivity contribution in [1.82, 2.24) is 0 Å². The number of ether oxygens (including phenoxy) is 2. The summed E-state index contributed by atoms with van der Waals surface area (Å²) < 4.78 is 10.3. The molecule has 0 amide bonds. The third-order valence-electron chi connectivity index (χ3n) is 2.68. The molecule has 0 N–H and O–H groups in total. The molecule has 0 bridgehead atoms. The second kappa shape index (κ2) is 6.61. The first kappa shape index (κ1) is 15.4. The molecular weight excluding hydrogens is 315 g/mol. The van der Waals surface area contributed by atoms with Crippen LogP contribution in [0.5, 0.6) is 11.5 Å². The van der Waals surface area contributed by atoms with Crippen molar-refractivity contribution in [2.24, 2.45) is 0 Å². The Morgan fingerprint density at radius 1 is 1.10 bits per heavy atom. The van der Waals surface area contributed by atoms with E-state index in [0.717, 1.165) is 0 Å². The molecule has 4 nitrogen and oxygen atoms in total. The van der Waals surface area contributed by atoms with Gasteiger partial charge in [0.05, 0.1) is 17.7 Å². The van der Waals surface area contributed by atoms with Crippen molar-refractivity contribution < 1.29 is 19.1 Å². The average Bonchev–Trinajstić information content (AvgIpc) is 2.47. The van der Waals surface area contributed by atoms with E-state index in [2.05, 4.69) is 0 Å². The Hall–Kier alpha value is -2.04. The molecule has 2 aromatic rings. The summed E-state index contributed by atoms with van der Waals surface area (Å²) in [5.74, 6) is -0.175. The molecule has 0 aliphatic carbocycles. The maximum atomic E-state index is 12.1. The lowest BCUT2D eigenvalue weighted by molar-refractivity contribution is 0.0730. The lowest BCUT2D eigenvalue weighted by Gasteiger charge is -2.10. The van der Waals surface area contributed by atoms with E-state index in [0.29, 0.717) is 16.9 Å². The van der Waals surface area contributed by atoms with Crippen LogP contribution in [0.2, 0.25) is 10.0 Å². The number of aldehydes is 1. The summed E-state index contributed by atoms with van der Waals surface area (Å²) >= 11 is 11.7. The van der Waals surface area contributed by atoms with E-state index >= 15 is 0 Å². The van der Waals surface area contributed by atoms with Gasteiger partial charge >= 0.3 is 5.97 Å². The minimum atomic E-state index is -0.645. The molecular formula is C15H10Cl2O4. The van der Waals surface area contributed by atoms with Gasteiger partial charge in [-0.15, -0.1) is 0 Å². The third-order valence-corrected chi connectivity index (χ3v) is 3.23. The predicted octanol–water partition coefficient (Wildman–Crippen LogP) is 4.03. The summed E-state index contributed by atoms with van der Waals surface area (Å²) in [4.78, 5) is 22.8. The molecule has 0 aromatic heterocycles. The van der Waals surface area contributed by atoms with Crippen LogP contribution in [0, 0.1) is 0 Å². The predicted molar refractivity (Wildman–Crippen MR) is 79.8 cm³/mol. The first-order valence-electron chi connectivity index (χ1n) is 5.85. The normalized spacial score (nSPS) is 10.0. The molecule has 108 valence electrons. The molecule has 0 radical (unpaired) electrons. The van der Waals surface area contributed by atoms with Crippen LogP contribution in [-0.4, -0.2) is 19.4 Å². The molecule has 0 saturated carbocycles. The highest BCUT2D eigenvalue weighted by atomic mass is 35.5. The first-order chi connectivity index (χ1) is 10.0. The van der Waals surface area contributed by atoms with Gasteiger partial charge in [0, 0.05) is 10.6 Å². The van der Waals surface area contributed by atoms with Gasteiger partial charge in [-0.25, -0.2) is 4.79 Å². The fourth-order valence-corrected chi connectivity index (χ4v) is 2.14. The maximum absolute atomic E-state index is 12.1.